The summed E-state index contributed by atoms with van der Waals surface area (Å²) < 4.78 is 8.16. The quantitative estimate of drug-likeness (QED) is 0.224. The number of benzene rings is 2. The number of aromatic nitrogens is 4. The van der Waals surface area contributed by atoms with E-state index in [1.807, 2.05) is 65.7 Å². The Morgan fingerprint density at radius 1 is 0.951 bits per heavy atom. The average molecular weight is 567 g/mol. The Morgan fingerprint density at radius 3 is 2.54 bits per heavy atom. The molecule has 0 atom stereocenters. The van der Waals surface area contributed by atoms with Gasteiger partial charge in [-0.25, -0.2) is 9.97 Å². The fourth-order valence-corrected chi connectivity index (χ4v) is 5.79. The molecule has 3 aromatic heterocycles. The molecule has 2 aromatic carbocycles. The van der Waals surface area contributed by atoms with Gasteiger partial charge in [-0.15, -0.1) is 0 Å². The van der Waals surface area contributed by atoms with Crippen molar-refractivity contribution in [1.29, 1.82) is 0 Å². The van der Waals surface area contributed by atoms with Crippen molar-refractivity contribution < 1.29 is 9.53 Å². The first kappa shape index (κ1) is 27.3. The molecule has 1 fully saturated rings. The number of nitrogens with zero attached hydrogens (tertiary/aromatic N) is 6. The highest BCUT2D eigenvalue weighted by Gasteiger charge is 2.18. The molecule has 0 spiro atoms. The first-order valence-electron chi connectivity index (χ1n) is 13.9. The van der Waals surface area contributed by atoms with Crippen LogP contribution in [0.5, 0.6) is 11.6 Å². The Balaban J connectivity index is 1.20. The number of aryl methyl sites for hydroxylation is 3. The number of carbonyl (C=O) groups excluding carboxylic acids is 1. The number of fused-ring (bicyclic) bond motifs is 1. The van der Waals surface area contributed by atoms with Crippen LogP contribution in [0.3, 0.4) is 0 Å². The maximum absolute atomic E-state index is 13.4. The van der Waals surface area contributed by atoms with Crippen LogP contribution in [0.4, 0.5) is 0 Å². The number of carbonyl (C=O) groups is 1. The lowest BCUT2D eigenvalue weighted by Crippen LogP contribution is -2.43. The second-order valence-electron chi connectivity index (χ2n) is 10.9. The van der Waals surface area contributed by atoms with Crippen LogP contribution < -0.4 is 4.74 Å². The minimum Gasteiger partial charge on any atom is -0.437 e. The summed E-state index contributed by atoms with van der Waals surface area (Å²) in [6, 6.07) is 13.9. The summed E-state index contributed by atoms with van der Waals surface area (Å²) in [6.07, 6.45) is 2.00. The highest BCUT2D eigenvalue weighted by molar-refractivity contribution is 7.08. The van der Waals surface area contributed by atoms with Gasteiger partial charge in [-0.05, 0) is 72.8 Å². The zero-order valence-corrected chi connectivity index (χ0v) is 24.7. The van der Waals surface area contributed by atoms with E-state index in [0.29, 0.717) is 35.0 Å². The molecule has 0 saturated carbocycles. The Labute approximate surface area is 244 Å². The summed E-state index contributed by atoms with van der Waals surface area (Å²) >= 11 is 1.59. The van der Waals surface area contributed by atoms with Gasteiger partial charge in [-0.2, -0.15) is 16.3 Å². The summed E-state index contributed by atoms with van der Waals surface area (Å²) in [4.78, 5) is 32.1. The van der Waals surface area contributed by atoms with Gasteiger partial charge in [0.25, 0.3) is 5.88 Å². The predicted molar refractivity (Wildman–Crippen MR) is 163 cm³/mol. The SMILES string of the molecule is Cc1ccc(Oc2nc(-c3ccsc3)nc3c2ncn3C)cc1CC(=O)c1ccc(CN2CCN(C)CC2)c(C)c1. The highest BCUT2D eigenvalue weighted by Crippen LogP contribution is 2.31. The monoisotopic (exact) mass is 566 g/mol. The topological polar surface area (TPSA) is 76.4 Å². The molecule has 0 N–H and O–H groups in total. The minimum absolute atomic E-state index is 0.0911. The number of rotatable bonds is 8. The number of ketones is 1. The number of imidazole rings is 1. The minimum atomic E-state index is 0.0911. The fourth-order valence-electron chi connectivity index (χ4n) is 5.15. The van der Waals surface area contributed by atoms with Gasteiger partial charge in [0.15, 0.2) is 22.8 Å². The van der Waals surface area contributed by atoms with E-state index in [0.717, 1.165) is 60.5 Å². The molecule has 5 aromatic rings. The number of piperazine rings is 1. The van der Waals surface area contributed by atoms with Crippen molar-refractivity contribution in [3.63, 3.8) is 0 Å². The molecule has 9 heteroatoms. The number of Topliss-reactive ketones (excluding diaryl/α,β-unsaturated/α-hetero) is 1. The van der Waals surface area contributed by atoms with Crippen molar-refractivity contribution in [2.75, 3.05) is 33.2 Å². The first-order chi connectivity index (χ1) is 19.8. The van der Waals surface area contributed by atoms with Gasteiger partial charge in [0, 0.05) is 62.7 Å². The lowest BCUT2D eigenvalue weighted by Gasteiger charge is -2.32. The number of thiophene rings is 1. The maximum Gasteiger partial charge on any atom is 0.251 e. The molecule has 0 amide bonds. The summed E-state index contributed by atoms with van der Waals surface area (Å²) in [5.41, 5.74) is 7.37. The summed E-state index contributed by atoms with van der Waals surface area (Å²) in [5, 5.41) is 4.01. The van der Waals surface area contributed by atoms with Crippen molar-refractivity contribution in [2.24, 2.45) is 7.05 Å². The van der Waals surface area contributed by atoms with E-state index in [2.05, 4.69) is 34.8 Å². The van der Waals surface area contributed by atoms with E-state index in [1.54, 1.807) is 17.7 Å². The number of ether oxygens (including phenoxy) is 1. The predicted octanol–water partition coefficient (Wildman–Crippen LogP) is 5.67. The molecular weight excluding hydrogens is 532 g/mol. The fraction of sp³-hybridized carbons (Fsp3) is 0.312. The van der Waals surface area contributed by atoms with Crippen LogP contribution in [0.1, 0.15) is 32.6 Å². The van der Waals surface area contributed by atoms with Crippen LogP contribution in [0, 0.1) is 13.8 Å². The molecule has 6 rings (SSSR count). The molecule has 0 bridgehead atoms. The van der Waals surface area contributed by atoms with E-state index >= 15 is 0 Å². The number of hydrogen-bond donors (Lipinski definition) is 0. The van der Waals surface area contributed by atoms with Crippen molar-refractivity contribution in [1.82, 2.24) is 29.3 Å². The number of hydrogen-bond acceptors (Lipinski definition) is 8. The van der Waals surface area contributed by atoms with Crippen LogP contribution >= 0.6 is 11.3 Å². The first-order valence-corrected chi connectivity index (χ1v) is 14.8. The summed E-state index contributed by atoms with van der Waals surface area (Å²) in [6.45, 7) is 9.39. The molecule has 210 valence electrons. The van der Waals surface area contributed by atoms with Crippen LogP contribution in [0.25, 0.3) is 22.6 Å². The molecule has 1 aliphatic heterocycles. The van der Waals surface area contributed by atoms with Gasteiger partial charge in [-0.3, -0.25) is 9.69 Å². The molecular formula is C32H34N6O2S. The third-order valence-corrected chi connectivity index (χ3v) is 8.53. The highest BCUT2D eigenvalue weighted by atomic mass is 32.1. The Bertz CT molecular complexity index is 1700. The van der Waals surface area contributed by atoms with Crippen LogP contribution in [0.2, 0.25) is 0 Å². The van der Waals surface area contributed by atoms with E-state index in [9.17, 15) is 4.79 Å². The van der Waals surface area contributed by atoms with Crippen molar-refractivity contribution >= 4 is 28.3 Å². The zero-order valence-electron chi connectivity index (χ0n) is 23.9. The molecule has 1 saturated heterocycles. The molecule has 0 radical (unpaired) electrons. The van der Waals surface area contributed by atoms with Gasteiger partial charge in [0.2, 0.25) is 0 Å². The largest absolute Gasteiger partial charge is 0.437 e. The Kier molecular flexibility index (Phi) is 7.66. The molecule has 0 unspecified atom stereocenters. The van der Waals surface area contributed by atoms with E-state index in [1.165, 1.54) is 5.56 Å². The molecule has 41 heavy (non-hydrogen) atoms. The third-order valence-electron chi connectivity index (χ3n) is 7.85. The van der Waals surface area contributed by atoms with E-state index in [4.69, 9.17) is 14.7 Å². The molecule has 1 aliphatic rings. The lowest BCUT2D eigenvalue weighted by molar-refractivity contribution is 0.0992. The smallest absolute Gasteiger partial charge is 0.251 e. The van der Waals surface area contributed by atoms with E-state index < -0.39 is 0 Å². The third kappa shape index (κ3) is 5.93. The van der Waals surface area contributed by atoms with Gasteiger partial charge in [0.05, 0.1) is 6.33 Å². The summed E-state index contributed by atoms with van der Waals surface area (Å²) in [5.74, 6) is 1.68. The van der Waals surface area contributed by atoms with Gasteiger partial charge < -0.3 is 14.2 Å². The van der Waals surface area contributed by atoms with Gasteiger partial charge in [-0.1, -0.05) is 18.2 Å². The Morgan fingerprint density at radius 2 is 1.78 bits per heavy atom. The number of likely N-dealkylation sites (N-methyl/N-ethyl adjacent to an activating group) is 1. The standard InChI is InChI=1S/C32H34N6O2S/c1-21-5-8-27(40-32-29-31(37(4)20-33-29)34-30(35-32)25-9-14-41-19-25)16-26(21)17-28(39)23-6-7-24(22(2)15-23)18-38-12-10-36(3)11-13-38/h5-9,14-16,19-20H,10-13,17-18H2,1-4H3. The Hall–Kier alpha value is -3.92. The van der Waals surface area contributed by atoms with Crippen LogP contribution in [-0.4, -0.2) is 68.3 Å². The normalized spacial score (nSPS) is 14.5. The second kappa shape index (κ2) is 11.5. The van der Waals surface area contributed by atoms with Gasteiger partial charge >= 0.3 is 0 Å². The van der Waals surface area contributed by atoms with Crippen molar-refractivity contribution in [3.8, 4) is 23.0 Å². The zero-order chi connectivity index (χ0) is 28.5. The molecule has 4 heterocycles. The van der Waals surface area contributed by atoms with E-state index in [-0.39, 0.29) is 5.78 Å². The summed E-state index contributed by atoms with van der Waals surface area (Å²) in [7, 11) is 4.07. The van der Waals surface area contributed by atoms with Gasteiger partial charge in [0.1, 0.15) is 5.75 Å². The molecule has 0 aliphatic carbocycles. The maximum atomic E-state index is 13.4. The lowest BCUT2D eigenvalue weighted by atomic mass is 9.96. The van der Waals surface area contributed by atoms with Crippen LogP contribution in [0.15, 0.2) is 59.6 Å². The van der Waals surface area contributed by atoms with Crippen molar-refractivity contribution in [3.05, 3.63) is 87.4 Å². The van der Waals surface area contributed by atoms with Crippen LogP contribution in [-0.2, 0) is 20.0 Å². The van der Waals surface area contributed by atoms with Crippen molar-refractivity contribution in [2.45, 2.75) is 26.8 Å². The average Bonchev–Trinajstić information content (AvgIpc) is 3.63. The molecule has 8 nitrogen and oxygen atoms in total. The second-order valence-corrected chi connectivity index (χ2v) is 11.7.